The van der Waals surface area contributed by atoms with Crippen LogP contribution in [0, 0.1) is 0 Å². The van der Waals surface area contributed by atoms with Gasteiger partial charge in [-0.2, -0.15) is 0 Å². The molecule has 0 spiro atoms. The Morgan fingerprint density at radius 2 is 2.00 bits per heavy atom. The summed E-state index contributed by atoms with van der Waals surface area (Å²) in [6, 6.07) is 12.5. The Balaban J connectivity index is 2.20. The number of halogens is 1. The molecule has 2 aromatic carbocycles. The molecule has 2 aromatic rings. The smallest absolute Gasteiger partial charge is 0.251 e. The van der Waals surface area contributed by atoms with Crippen LogP contribution in [0.5, 0.6) is 11.5 Å². The maximum atomic E-state index is 11.7. The Morgan fingerprint density at radius 1 is 1.18 bits per heavy atom. The van der Waals surface area contributed by atoms with Crippen molar-refractivity contribution in [2.75, 3.05) is 13.7 Å². The van der Waals surface area contributed by atoms with Gasteiger partial charge in [0.25, 0.3) is 5.91 Å². The third kappa shape index (κ3) is 4.15. The summed E-state index contributed by atoms with van der Waals surface area (Å²) in [4.78, 5) is 11.7. The van der Waals surface area contributed by atoms with E-state index in [4.69, 9.17) is 21.1 Å². The highest BCUT2D eigenvalue weighted by Gasteiger charge is 2.10. The van der Waals surface area contributed by atoms with E-state index in [2.05, 4.69) is 5.32 Å². The molecule has 1 N–H and O–H groups in total. The molecular formula is C17H18ClNO3. The SMILES string of the molecule is CCOc1ccc(C(=O)NC)cc1COc1cccc(Cl)c1. The van der Waals surface area contributed by atoms with Crippen molar-refractivity contribution in [3.05, 3.63) is 58.6 Å². The topological polar surface area (TPSA) is 47.6 Å². The molecule has 0 aliphatic carbocycles. The first kappa shape index (κ1) is 16.2. The number of ether oxygens (including phenoxy) is 2. The van der Waals surface area contributed by atoms with E-state index >= 15 is 0 Å². The van der Waals surface area contributed by atoms with Crippen molar-refractivity contribution >= 4 is 17.5 Å². The van der Waals surface area contributed by atoms with Crippen LogP contribution in [0.1, 0.15) is 22.8 Å². The molecule has 0 heterocycles. The Bertz CT molecular complexity index is 658. The second kappa shape index (κ2) is 7.71. The van der Waals surface area contributed by atoms with Crippen LogP contribution in [0.25, 0.3) is 0 Å². The van der Waals surface area contributed by atoms with Crippen LogP contribution in [-0.2, 0) is 6.61 Å². The molecule has 0 saturated heterocycles. The first-order valence-corrected chi connectivity index (χ1v) is 7.38. The monoisotopic (exact) mass is 319 g/mol. The van der Waals surface area contributed by atoms with Gasteiger partial charge in [0.15, 0.2) is 0 Å². The summed E-state index contributed by atoms with van der Waals surface area (Å²) in [6.07, 6.45) is 0. The zero-order valence-corrected chi connectivity index (χ0v) is 13.3. The second-order valence-electron chi connectivity index (χ2n) is 4.58. The predicted molar refractivity (Wildman–Crippen MR) is 86.8 cm³/mol. The predicted octanol–water partition coefficient (Wildman–Crippen LogP) is 3.68. The highest BCUT2D eigenvalue weighted by Crippen LogP contribution is 2.24. The molecule has 0 radical (unpaired) electrons. The van der Waals surface area contributed by atoms with Crippen LogP contribution < -0.4 is 14.8 Å². The number of benzene rings is 2. The zero-order valence-electron chi connectivity index (χ0n) is 12.6. The van der Waals surface area contributed by atoms with Gasteiger partial charge in [-0.1, -0.05) is 17.7 Å². The summed E-state index contributed by atoms with van der Waals surface area (Å²) in [6.45, 7) is 2.75. The fourth-order valence-electron chi connectivity index (χ4n) is 1.99. The van der Waals surface area contributed by atoms with Crippen molar-refractivity contribution in [3.8, 4) is 11.5 Å². The molecule has 0 fully saturated rings. The summed E-state index contributed by atoms with van der Waals surface area (Å²) < 4.78 is 11.3. The number of carbonyl (C=O) groups excluding carboxylic acids is 1. The maximum Gasteiger partial charge on any atom is 0.251 e. The van der Waals surface area contributed by atoms with Gasteiger partial charge in [-0.15, -0.1) is 0 Å². The number of hydrogen-bond acceptors (Lipinski definition) is 3. The molecular weight excluding hydrogens is 302 g/mol. The second-order valence-corrected chi connectivity index (χ2v) is 5.02. The molecule has 0 bridgehead atoms. The molecule has 116 valence electrons. The first-order valence-electron chi connectivity index (χ1n) is 7.00. The van der Waals surface area contributed by atoms with E-state index < -0.39 is 0 Å². The molecule has 22 heavy (non-hydrogen) atoms. The standard InChI is InChI=1S/C17H18ClNO3/c1-3-21-16-8-7-12(17(20)19-2)9-13(16)11-22-15-6-4-5-14(18)10-15/h4-10H,3,11H2,1-2H3,(H,19,20). The summed E-state index contributed by atoms with van der Waals surface area (Å²) in [5.41, 5.74) is 1.37. The number of carbonyl (C=O) groups is 1. The van der Waals surface area contributed by atoms with Crippen LogP contribution in [-0.4, -0.2) is 19.6 Å². The van der Waals surface area contributed by atoms with Crippen LogP contribution >= 0.6 is 11.6 Å². The molecule has 1 amide bonds. The molecule has 0 atom stereocenters. The van der Waals surface area contributed by atoms with Gasteiger partial charge in [-0.05, 0) is 43.3 Å². The number of amides is 1. The first-order chi connectivity index (χ1) is 10.6. The van der Waals surface area contributed by atoms with Crippen molar-refractivity contribution in [1.29, 1.82) is 0 Å². The molecule has 0 aliphatic rings. The number of rotatable bonds is 6. The average Bonchev–Trinajstić information content (AvgIpc) is 2.53. The van der Waals surface area contributed by atoms with Gasteiger partial charge in [0.2, 0.25) is 0 Å². The fraction of sp³-hybridized carbons (Fsp3) is 0.235. The number of hydrogen-bond donors (Lipinski definition) is 1. The Labute approximate surface area is 135 Å². The highest BCUT2D eigenvalue weighted by molar-refractivity contribution is 6.30. The van der Waals surface area contributed by atoms with Gasteiger partial charge >= 0.3 is 0 Å². The van der Waals surface area contributed by atoms with Gasteiger partial charge in [0.1, 0.15) is 18.1 Å². The fourth-order valence-corrected chi connectivity index (χ4v) is 2.17. The molecule has 4 nitrogen and oxygen atoms in total. The zero-order chi connectivity index (χ0) is 15.9. The Hall–Kier alpha value is -2.20. The largest absolute Gasteiger partial charge is 0.493 e. The minimum Gasteiger partial charge on any atom is -0.493 e. The van der Waals surface area contributed by atoms with Crippen LogP contribution in [0.3, 0.4) is 0 Å². The molecule has 0 unspecified atom stereocenters. The van der Waals surface area contributed by atoms with Crippen molar-refractivity contribution in [1.82, 2.24) is 5.32 Å². The molecule has 2 rings (SSSR count). The third-order valence-electron chi connectivity index (χ3n) is 3.04. The Morgan fingerprint density at radius 3 is 2.68 bits per heavy atom. The molecule has 0 aromatic heterocycles. The van der Waals surface area contributed by atoms with Gasteiger partial charge < -0.3 is 14.8 Å². The van der Waals surface area contributed by atoms with Gasteiger partial charge in [-0.3, -0.25) is 4.79 Å². The van der Waals surface area contributed by atoms with Gasteiger partial charge in [0.05, 0.1) is 6.61 Å². The summed E-state index contributed by atoms with van der Waals surface area (Å²) in [7, 11) is 1.60. The quantitative estimate of drug-likeness (QED) is 0.883. The minimum atomic E-state index is -0.146. The van der Waals surface area contributed by atoms with E-state index in [1.807, 2.05) is 19.1 Å². The van der Waals surface area contributed by atoms with E-state index in [0.717, 1.165) is 5.56 Å². The summed E-state index contributed by atoms with van der Waals surface area (Å²) in [5, 5.41) is 3.22. The van der Waals surface area contributed by atoms with Crippen LogP contribution in [0.2, 0.25) is 5.02 Å². The van der Waals surface area contributed by atoms with Crippen molar-refractivity contribution in [2.45, 2.75) is 13.5 Å². The lowest BCUT2D eigenvalue weighted by Crippen LogP contribution is -2.18. The summed E-state index contributed by atoms with van der Waals surface area (Å²) in [5.74, 6) is 1.23. The third-order valence-corrected chi connectivity index (χ3v) is 3.28. The minimum absolute atomic E-state index is 0.146. The van der Waals surface area contributed by atoms with Crippen molar-refractivity contribution in [3.63, 3.8) is 0 Å². The van der Waals surface area contributed by atoms with E-state index in [-0.39, 0.29) is 5.91 Å². The Kier molecular flexibility index (Phi) is 5.67. The van der Waals surface area contributed by atoms with Crippen molar-refractivity contribution < 1.29 is 14.3 Å². The van der Waals surface area contributed by atoms with E-state index in [1.165, 1.54) is 0 Å². The van der Waals surface area contributed by atoms with Gasteiger partial charge in [-0.25, -0.2) is 0 Å². The molecule has 5 heteroatoms. The maximum absolute atomic E-state index is 11.7. The van der Waals surface area contributed by atoms with Crippen molar-refractivity contribution in [2.24, 2.45) is 0 Å². The lowest BCUT2D eigenvalue weighted by Gasteiger charge is -2.13. The van der Waals surface area contributed by atoms with Crippen LogP contribution in [0.4, 0.5) is 0 Å². The number of nitrogens with one attached hydrogen (secondary N) is 1. The normalized spacial score (nSPS) is 10.1. The molecule has 0 aliphatic heterocycles. The highest BCUT2D eigenvalue weighted by atomic mass is 35.5. The van der Waals surface area contributed by atoms with E-state index in [9.17, 15) is 4.79 Å². The van der Waals surface area contributed by atoms with Crippen LogP contribution in [0.15, 0.2) is 42.5 Å². The van der Waals surface area contributed by atoms with E-state index in [1.54, 1.807) is 37.4 Å². The average molecular weight is 320 g/mol. The molecule has 0 saturated carbocycles. The lowest BCUT2D eigenvalue weighted by molar-refractivity contribution is 0.0963. The van der Waals surface area contributed by atoms with Gasteiger partial charge in [0, 0.05) is 23.2 Å². The lowest BCUT2D eigenvalue weighted by atomic mass is 10.1. The summed E-state index contributed by atoms with van der Waals surface area (Å²) >= 11 is 5.94. The van der Waals surface area contributed by atoms with E-state index in [0.29, 0.717) is 35.3 Å².